The molecule has 0 bridgehead atoms. The lowest BCUT2D eigenvalue weighted by molar-refractivity contribution is -0.00569. The molecule has 13 heteroatoms. The Kier molecular flexibility index (Phi) is 8.57. The molecule has 44 heavy (non-hydrogen) atoms. The summed E-state index contributed by atoms with van der Waals surface area (Å²) < 4.78 is 11.7. The maximum absolute atomic E-state index is 13.9. The number of amides is 4. The lowest BCUT2D eigenvalue weighted by atomic mass is 9.82. The molecule has 2 fully saturated rings. The second-order valence-corrected chi connectivity index (χ2v) is 12.6. The number of hydrogen-bond donors (Lipinski definition) is 4. The van der Waals surface area contributed by atoms with Gasteiger partial charge in [-0.3, -0.25) is 9.59 Å². The highest BCUT2D eigenvalue weighted by atomic mass is 16.6. The number of piperidine rings is 2. The lowest BCUT2D eigenvalue weighted by Crippen LogP contribution is -2.52. The number of pyridine rings is 1. The van der Waals surface area contributed by atoms with E-state index < -0.39 is 23.3 Å². The Morgan fingerprint density at radius 2 is 1.80 bits per heavy atom. The first-order chi connectivity index (χ1) is 20.8. The molecule has 4 amide bonds. The number of nitrogens with one attached hydrogen (secondary N) is 3. The molecule has 5 rings (SSSR count). The zero-order valence-corrected chi connectivity index (χ0v) is 25.7. The summed E-state index contributed by atoms with van der Waals surface area (Å²) in [5.74, 6) is 0.874. The minimum absolute atomic E-state index is 0.0146. The van der Waals surface area contributed by atoms with Crippen molar-refractivity contribution >= 4 is 41.0 Å². The minimum atomic E-state index is -0.679. The van der Waals surface area contributed by atoms with Gasteiger partial charge in [0.1, 0.15) is 22.8 Å². The van der Waals surface area contributed by atoms with Crippen LogP contribution in [-0.2, 0) is 4.74 Å². The van der Waals surface area contributed by atoms with Gasteiger partial charge in [0.05, 0.1) is 29.4 Å². The second-order valence-electron chi connectivity index (χ2n) is 12.6. The predicted molar refractivity (Wildman–Crippen MR) is 165 cm³/mol. The van der Waals surface area contributed by atoms with Gasteiger partial charge in [0.15, 0.2) is 5.78 Å². The van der Waals surface area contributed by atoms with Gasteiger partial charge in [-0.1, -0.05) is 0 Å². The lowest BCUT2D eigenvalue weighted by Gasteiger charge is -2.44. The van der Waals surface area contributed by atoms with Crippen LogP contribution in [0.2, 0.25) is 0 Å². The fraction of sp³-hybridized carbons (Fsp3) is 0.516. The van der Waals surface area contributed by atoms with Crippen LogP contribution >= 0.6 is 0 Å². The molecule has 4 heterocycles. The molecule has 0 atom stereocenters. The van der Waals surface area contributed by atoms with Crippen LogP contribution < -0.4 is 31.3 Å². The number of anilines is 3. The molecule has 0 saturated carbocycles. The summed E-state index contributed by atoms with van der Waals surface area (Å²) in [5, 5.41) is 8.16. The third kappa shape index (κ3) is 6.98. The zero-order chi connectivity index (χ0) is 31.6. The number of hydrogen-bond acceptors (Lipinski definition) is 9. The molecule has 236 valence electrons. The summed E-state index contributed by atoms with van der Waals surface area (Å²) in [7, 11) is 1.50. The number of aromatic nitrogens is 1. The van der Waals surface area contributed by atoms with Gasteiger partial charge in [-0.05, 0) is 57.9 Å². The largest absolute Gasteiger partial charge is 0.486 e. The predicted octanol–water partition coefficient (Wildman–Crippen LogP) is 3.55. The van der Waals surface area contributed by atoms with Crippen LogP contribution in [0.3, 0.4) is 0 Å². The van der Waals surface area contributed by atoms with Crippen molar-refractivity contribution in [1.29, 1.82) is 0 Å². The Morgan fingerprint density at radius 1 is 1.09 bits per heavy atom. The maximum Gasteiger partial charge on any atom is 0.407 e. The number of alkyl carbamates (subject to hydrolysis) is 1. The molecule has 13 nitrogen and oxygen atoms in total. The van der Waals surface area contributed by atoms with Crippen molar-refractivity contribution in [3.8, 4) is 5.75 Å². The first-order valence-electron chi connectivity index (χ1n) is 15.0. The van der Waals surface area contributed by atoms with E-state index in [1.807, 2.05) is 20.8 Å². The number of likely N-dealkylation sites (tertiary alicyclic amines) is 1. The summed E-state index contributed by atoms with van der Waals surface area (Å²) in [6.07, 6.45) is 3.64. The zero-order valence-electron chi connectivity index (χ0n) is 25.7. The number of ether oxygens (including phenoxy) is 2. The average Bonchev–Trinajstić information content (AvgIpc) is 2.97. The number of benzene rings is 1. The van der Waals surface area contributed by atoms with Gasteiger partial charge in [0.2, 0.25) is 0 Å². The number of rotatable bonds is 4. The van der Waals surface area contributed by atoms with E-state index >= 15 is 0 Å². The van der Waals surface area contributed by atoms with Crippen LogP contribution in [0.1, 0.15) is 73.6 Å². The van der Waals surface area contributed by atoms with Gasteiger partial charge >= 0.3 is 12.1 Å². The number of nitrogens with zero attached hydrogens (tertiary/aromatic N) is 3. The second kappa shape index (κ2) is 12.2. The van der Waals surface area contributed by atoms with E-state index in [2.05, 4.69) is 25.8 Å². The maximum atomic E-state index is 13.9. The van der Waals surface area contributed by atoms with Gasteiger partial charge in [-0.25, -0.2) is 14.6 Å². The third-order valence-corrected chi connectivity index (χ3v) is 8.21. The van der Waals surface area contributed by atoms with Crippen molar-refractivity contribution < 1.29 is 28.7 Å². The molecule has 5 N–H and O–H groups in total. The van der Waals surface area contributed by atoms with Crippen LogP contribution in [0.15, 0.2) is 30.5 Å². The van der Waals surface area contributed by atoms with E-state index in [1.54, 1.807) is 29.2 Å². The summed E-state index contributed by atoms with van der Waals surface area (Å²) in [6.45, 7) is 7.48. The molecule has 1 spiro atoms. The van der Waals surface area contributed by atoms with Crippen molar-refractivity contribution in [1.82, 2.24) is 20.5 Å². The number of fused-ring (bicyclic) bond motifs is 1. The van der Waals surface area contributed by atoms with Crippen molar-refractivity contribution in [2.24, 2.45) is 0 Å². The van der Waals surface area contributed by atoms with Gasteiger partial charge in [-0.15, -0.1) is 0 Å². The highest BCUT2D eigenvalue weighted by Crippen LogP contribution is 2.40. The molecule has 1 aromatic heterocycles. The Hall–Kier alpha value is -4.55. The molecule has 3 aliphatic heterocycles. The number of urea groups is 1. The minimum Gasteiger partial charge on any atom is -0.486 e. The fourth-order valence-corrected chi connectivity index (χ4v) is 5.88. The highest BCUT2D eigenvalue weighted by molar-refractivity contribution is 6.04. The summed E-state index contributed by atoms with van der Waals surface area (Å²) in [4.78, 5) is 59.6. The van der Waals surface area contributed by atoms with Crippen LogP contribution in [-0.4, -0.2) is 84.2 Å². The fourth-order valence-electron chi connectivity index (χ4n) is 5.88. The number of ketones is 1. The normalized spacial score (nSPS) is 18.2. The Morgan fingerprint density at radius 3 is 2.45 bits per heavy atom. The van der Waals surface area contributed by atoms with Crippen LogP contribution in [0, 0.1) is 0 Å². The Labute approximate surface area is 256 Å². The molecule has 2 saturated heterocycles. The van der Waals surface area contributed by atoms with Gasteiger partial charge < -0.3 is 41.0 Å². The van der Waals surface area contributed by atoms with E-state index in [0.717, 1.165) is 0 Å². The molecular formula is C31H41N7O6. The number of nitrogens with two attached hydrogens (primary N) is 1. The van der Waals surface area contributed by atoms with E-state index in [1.165, 1.54) is 13.2 Å². The topological polar surface area (TPSA) is 168 Å². The Balaban J connectivity index is 1.27. The number of carbonyl (C=O) groups is 4. The molecule has 2 aromatic rings. The molecule has 0 radical (unpaired) electrons. The van der Waals surface area contributed by atoms with Crippen molar-refractivity contribution in [3.63, 3.8) is 0 Å². The standard InChI is InChI=1S/C31H41N7O6/c1-30(2,3)44-29(42)35-20-7-11-37(12-8-20)26-16-21(23(18-34-26)36-28(41)33-4)27(40)38-13-9-31(10-14-38)17-24(39)22-15-19(32)5-6-25(22)43-31/h5-6,15-16,18,20H,7-14,17,32H2,1-4H3,(H,35,42)(H2,33,36,41). The number of carbonyl (C=O) groups excluding carboxylic acids is 4. The van der Waals surface area contributed by atoms with Gasteiger partial charge in [-0.2, -0.15) is 0 Å². The highest BCUT2D eigenvalue weighted by Gasteiger charge is 2.44. The summed E-state index contributed by atoms with van der Waals surface area (Å²) >= 11 is 0. The number of nitrogen functional groups attached to an aromatic ring is 1. The Bertz CT molecular complexity index is 1440. The average molecular weight is 608 g/mol. The van der Waals surface area contributed by atoms with Gasteiger partial charge in [0.25, 0.3) is 5.91 Å². The molecule has 1 aromatic carbocycles. The summed E-state index contributed by atoms with van der Waals surface area (Å²) in [6, 6.07) is 6.30. The van der Waals surface area contributed by atoms with Crippen molar-refractivity contribution in [2.75, 3.05) is 49.2 Å². The van der Waals surface area contributed by atoms with Crippen LogP contribution in [0.25, 0.3) is 0 Å². The molecule has 0 unspecified atom stereocenters. The monoisotopic (exact) mass is 607 g/mol. The molecular weight excluding hydrogens is 566 g/mol. The van der Waals surface area contributed by atoms with E-state index in [9.17, 15) is 19.2 Å². The number of Topliss-reactive ketones (excluding diaryl/α,β-unsaturated/α-hetero) is 1. The van der Waals surface area contributed by atoms with E-state index in [0.29, 0.717) is 85.9 Å². The van der Waals surface area contributed by atoms with Crippen molar-refractivity contribution in [2.45, 2.75) is 70.1 Å². The van der Waals surface area contributed by atoms with E-state index in [-0.39, 0.29) is 24.2 Å². The van der Waals surface area contributed by atoms with Crippen LogP contribution in [0.5, 0.6) is 5.75 Å². The molecule has 0 aliphatic carbocycles. The first kappa shape index (κ1) is 30.9. The van der Waals surface area contributed by atoms with E-state index in [4.69, 9.17) is 15.2 Å². The van der Waals surface area contributed by atoms with Gasteiger partial charge in [0, 0.05) is 57.8 Å². The quantitative estimate of drug-likeness (QED) is 0.380. The SMILES string of the molecule is CNC(=O)Nc1cnc(N2CCC(NC(=O)OC(C)(C)C)CC2)cc1C(=O)N1CCC2(CC1)CC(=O)c1cc(N)ccc1O2. The van der Waals surface area contributed by atoms with Crippen LogP contribution in [0.4, 0.5) is 26.8 Å². The third-order valence-electron chi connectivity index (χ3n) is 8.21. The van der Waals surface area contributed by atoms with Crippen molar-refractivity contribution in [3.05, 3.63) is 41.6 Å². The smallest absolute Gasteiger partial charge is 0.407 e. The first-order valence-corrected chi connectivity index (χ1v) is 15.0. The molecule has 3 aliphatic rings. The summed E-state index contributed by atoms with van der Waals surface area (Å²) in [5.41, 5.74) is 6.24.